The Morgan fingerprint density at radius 1 is 1.50 bits per heavy atom. The molecule has 1 aliphatic heterocycles. The van der Waals surface area contributed by atoms with E-state index in [0.717, 1.165) is 17.8 Å². The van der Waals surface area contributed by atoms with Crippen molar-refractivity contribution in [1.82, 2.24) is 15.7 Å². The predicted molar refractivity (Wildman–Crippen MR) is 70.6 cm³/mol. The minimum Gasteiger partial charge on any atom is -0.478 e. The zero-order chi connectivity index (χ0) is 14.5. The Morgan fingerprint density at radius 2 is 2.30 bits per heavy atom. The highest BCUT2D eigenvalue weighted by molar-refractivity contribution is 8.18. The van der Waals surface area contributed by atoms with Gasteiger partial charge in [0.2, 0.25) is 0 Å². The van der Waals surface area contributed by atoms with Crippen LogP contribution < -0.4 is 10.7 Å². The maximum Gasteiger partial charge on any atom is 0.329 e. The van der Waals surface area contributed by atoms with Crippen LogP contribution in [0.4, 0.5) is 0 Å². The quantitative estimate of drug-likeness (QED) is 0.529. The van der Waals surface area contributed by atoms with Gasteiger partial charge in [0.25, 0.3) is 11.8 Å². The third kappa shape index (κ3) is 3.42. The lowest BCUT2D eigenvalue weighted by molar-refractivity contribution is -0.131. The number of amides is 2. The summed E-state index contributed by atoms with van der Waals surface area (Å²) in [6.45, 7) is 0. The molecule has 1 aromatic heterocycles. The lowest BCUT2D eigenvalue weighted by atomic mass is 10.3. The molecule has 0 aromatic carbocycles. The first-order valence-electron chi connectivity index (χ1n) is 5.28. The molecule has 2 rings (SSSR count). The molecule has 1 fully saturated rings. The molecule has 8 nitrogen and oxygen atoms in total. The second-order valence-corrected chi connectivity index (χ2v) is 4.53. The van der Waals surface area contributed by atoms with Crippen molar-refractivity contribution in [2.45, 2.75) is 0 Å². The number of aromatic nitrogens is 1. The molecule has 3 N–H and O–H groups in total. The second kappa shape index (κ2) is 5.97. The van der Waals surface area contributed by atoms with E-state index in [1.165, 1.54) is 12.4 Å². The number of carbonyl (C=O) groups excluding carboxylic acids is 2. The fourth-order valence-corrected chi connectivity index (χ4v) is 2.00. The van der Waals surface area contributed by atoms with Crippen LogP contribution >= 0.6 is 11.8 Å². The van der Waals surface area contributed by atoms with Crippen molar-refractivity contribution in [1.29, 1.82) is 0 Å². The first-order chi connectivity index (χ1) is 9.56. The maximum absolute atomic E-state index is 11.7. The average molecular weight is 292 g/mol. The molecule has 0 atom stereocenters. The Balaban J connectivity index is 2.02. The van der Waals surface area contributed by atoms with E-state index < -0.39 is 17.8 Å². The summed E-state index contributed by atoms with van der Waals surface area (Å²) < 4.78 is 0. The Kier molecular flexibility index (Phi) is 4.11. The maximum atomic E-state index is 11.7. The van der Waals surface area contributed by atoms with Crippen molar-refractivity contribution in [3.63, 3.8) is 0 Å². The fraction of sp³-hybridized carbons (Fsp3) is 0. The lowest BCUT2D eigenvalue weighted by Gasteiger charge is -1.99. The number of pyridine rings is 1. The van der Waals surface area contributed by atoms with Crippen molar-refractivity contribution >= 4 is 34.7 Å². The van der Waals surface area contributed by atoms with Crippen LogP contribution in [0.2, 0.25) is 0 Å². The highest BCUT2D eigenvalue weighted by Crippen LogP contribution is 2.22. The van der Waals surface area contributed by atoms with Crippen molar-refractivity contribution in [3.05, 3.63) is 41.1 Å². The highest BCUT2D eigenvalue weighted by Gasteiger charge is 2.25. The Hall–Kier alpha value is -2.68. The molecule has 2 heterocycles. The summed E-state index contributed by atoms with van der Waals surface area (Å²) in [6, 6.07) is 3.15. The van der Waals surface area contributed by atoms with Gasteiger partial charge in [-0.3, -0.25) is 19.9 Å². The molecule has 0 spiro atoms. The van der Waals surface area contributed by atoms with E-state index in [-0.39, 0.29) is 10.1 Å². The van der Waals surface area contributed by atoms with Crippen LogP contribution in [-0.4, -0.2) is 33.0 Å². The number of carboxylic acids is 1. The zero-order valence-electron chi connectivity index (χ0n) is 9.86. The van der Waals surface area contributed by atoms with Crippen molar-refractivity contribution < 1.29 is 19.5 Å². The van der Waals surface area contributed by atoms with Crippen LogP contribution in [0.5, 0.6) is 0 Å². The van der Waals surface area contributed by atoms with Gasteiger partial charge in [0.05, 0.1) is 10.5 Å². The summed E-state index contributed by atoms with van der Waals surface area (Å²) in [5.74, 6) is -2.30. The number of aliphatic carboxylic acids is 1. The average Bonchev–Trinajstić information content (AvgIpc) is 2.77. The Labute approximate surface area is 117 Å². The van der Waals surface area contributed by atoms with Gasteiger partial charge in [-0.2, -0.15) is 0 Å². The van der Waals surface area contributed by atoms with Crippen molar-refractivity contribution in [3.8, 4) is 0 Å². The van der Waals surface area contributed by atoms with E-state index >= 15 is 0 Å². The summed E-state index contributed by atoms with van der Waals surface area (Å²) in [7, 11) is 0. The summed E-state index contributed by atoms with van der Waals surface area (Å²) >= 11 is 0.824. The van der Waals surface area contributed by atoms with Gasteiger partial charge >= 0.3 is 5.97 Å². The molecule has 0 aliphatic carbocycles. The Morgan fingerprint density at radius 3 is 2.95 bits per heavy atom. The number of hydrazone groups is 1. The van der Waals surface area contributed by atoms with Gasteiger partial charge in [-0.15, -0.1) is 5.10 Å². The van der Waals surface area contributed by atoms with Gasteiger partial charge in [-0.1, -0.05) is 0 Å². The number of nitrogens with one attached hydrogen (secondary N) is 2. The summed E-state index contributed by atoms with van der Waals surface area (Å²) in [5.41, 5.74) is 2.55. The summed E-state index contributed by atoms with van der Waals surface area (Å²) in [5, 5.41) is 14.7. The van der Waals surface area contributed by atoms with Crippen LogP contribution in [0.25, 0.3) is 0 Å². The normalized spacial score (nSPS) is 18.1. The van der Waals surface area contributed by atoms with Crippen LogP contribution in [-0.2, 0) is 9.59 Å². The van der Waals surface area contributed by atoms with Crippen molar-refractivity contribution in [2.24, 2.45) is 5.10 Å². The second-order valence-electron chi connectivity index (χ2n) is 3.50. The van der Waals surface area contributed by atoms with Crippen LogP contribution in [0.1, 0.15) is 10.4 Å². The van der Waals surface area contributed by atoms with Crippen molar-refractivity contribution in [2.75, 3.05) is 0 Å². The summed E-state index contributed by atoms with van der Waals surface area (Å²) in [4.78, 5) is 37.3. The molecule has 1 aliphatic rings. The molecule has 0 radical (unpaired) electrons. The minimum atomic E-state index is -1.23. The molecule has 0 saturated carbocycles. The predicted octanol–water partition coefficient (Wildman–Crippen LogP) is -0.0861. The van der Waals surface area contributed by atoms with E-state index in [1.54, 1.807) is 12.1 Å². The molecule has 2 amide bonds. The molecule has 0 bridgehead atoms. The summed E-state index contributed by atoms with van der Waals surface area (Å²) in [6.07, 6.45) is 3.66. The molecular formula is C11H8N4O4S. The molecule has 102 valence electrons. The fourth-order valence-electron chi connectivity index (χ4n) is 1.26. The van der Waals surface area contributed by atoms with Gasteiger partial charge in [-0.25, -0.2) is 10.2 Å². The van der Waals surface area contributed by atoms with Crippen LogP contribution in [0.15, 0.2) is 40.6 Å². The van der Waals surface area contributed by atoms with Crippen LogP contribution in [0, 0.1) is 0 Å². The smallest absolute Gasteiger partial charge is 0.329 e. The van der Waals surface area contributed by atoms with E-state index in [1.807, 2.05) is 0 Å². The van der Waals surface area contributed by atoms with E-state index in [0.29, 0.717) is 5.56 Å². The van der Waals surface area contributed by atoms with Gasteiger partial charge in [0.15, 0.2) is 5.17 Å². The first-order valence-corrected chi connectivity index (χ1v) is 6.10. The number of nitrogens with zero attached hydrogens (tertiary/aromatic N) is 2. The minimum absolute atomic E-state index is 0.00752. The van der Waals surface area contributed by atoms with Gasteiger partial charge in [0.1, 0.15) is 0 Å². The first kappa shape index (κ1) is 13.7. The zero-order valence-corrected chi connectivity index (χ0v) is 10.7. The number of rotatable bonds is 3. The third-order valence-corrected chi connectivity index (χ3v) is 3.00. The number of hydrogen-bond donors (Lipinski definition) is 3. The van der Waals surface area contributed by atoms with Crippen LogP contribution in [0.3, 0.4) is 0 Å². The van der Waals surface area contributed by atoms with E-state index in [9.17, 15) is 14.4 Å². The topological polar surface area (TPSA) is 121 Å². The standard InChI is InChI=1S/C11H8N4O4S/c16-8(17)4-7-10(19)13-11(20-7)15-14-9(18)6-2-1-3-12-5-6/h1-5H,(H,14,18)(H,16,17)(H,13,15,19)/b7-4+. The Bertz CT molecular complexity index is 627. The van der Waals surface area contributed by atoms with Gasteiger partial charge in [-0.05, 0) is 23.9 Å². The molecule has 1 saturated heterocycles. The van der Waals surface area contributed by atoms with E-state index in [4.69, 9.17) is 5.11 Å². The number of carboxylic acid groups (broad SMARTS) is 1. The SMILES string of the molecule is O=C(O)/C=C1/S/C(=N/NC(=O)c2cccnc2)NC1=O. The van der Waals surface area contributed by atoms with Gasteiger partial charge in [0, 0.05) is 18.5 Å². The highest BCUT2D eigenvalue weighted by atomic mass is 32.2. The molecule has 1 aromatic rings. The molecular weight excluding hydrogens is 284 g/mol. The largest absolute Gasteiger partial charge is 0.478 e. The number of amidine groups is 1. The van der Waals surface area contributed by atoms with E-state index in [2.05, 4.69) is 20.8 Å². The van der Waals surface area contributed by atoms with Gasteiger partial charge < -0.3 is 5.11 Å². The molecule has 9 heteroatoms. The molecule has 20 heavy (non-hydrogen) atoms. The third-order valence-electron chi connectivity index (χ3n) is 2.09. The lowest BCUT2D eigenvalue weighted by Crippen LogP contribution is -2.25. The number of hydrogen-bond acceptors (Lipinski definition) is 6. The molecule has 0 unspecified atom stereocenters. The number of thioether (sulfide) groups is 1. The number of carbonyl (C=O) groups is 3. The monoisotopic (exact) mass is 292 g/mol.